The minimum Gasteiger partial charge on any atom is -0.247 e. The average molecular weight is 157 g/mol. The highest BCUT2D eigenvalue weighted by atomic mass is 32.2. The molecule has 0 aromatic rings. The summed E-state index contributed by atoms with van der Waals surface area (Å²) in [5.41, 5.74) is 0. The molecule has 0 spiro atoms. The summed E-state index contributed by atoms with van der Waals surface area (Å²) in [6.45, 7) is 3.77. The predicted octanol–water partition coefficient (Wildman–Crippen LogP) is 1.99. The van der Waals surface area contributed by atoms with Gasteiger partial charge in [-0.3, -0.25) is 0 Å². The third-order valence-corrected chi connectivity index (χ3v) is 4.09. The number of hydrogen-bond acceptors (Lipinski definition) is 2. The molecule has 0 aromatic heterocycles. The first-order valence-electron chi connectivity index (χ1n) is 4.13. The topological polar surface area (TPSA) is 3.24 Å². The van der Waals surface area contributed by atoms with E-state index in [-0.39, 0.29) is 0 Å². The Balaban J connectivity index is 2.08. The van der Waals surface area contributed by atoms with Crippen LogP contribution in [0.1, 0.15) is 19.8 Å². The van der Waals surface area contributed by atoms with Crippen molar-refractivity contribution < 1.29 is 0 Å². The van der Waals surface area contributed by atoms with Crippen LogP contribution in [0.2, 0.25) is 0 Å². The molecule has 2 aliphatic rings. The van der Waals surface area contributed by atoms with Crippen molar-refractivity contribution in [3.63, 3.8) is 0 Å². The Kier molecular flexibility index (Phi) is 1.69. The number of rotatable bonds is 1. The van der Waals surface area contributed by atoms with Gasteiger partial charge >= 0.3 is 0 Å². The van der Waals surface area contributed by atoms with Crippen molar-refractivity contribution in [3.05, 3.63) is 0 Å². The number of nitrogens with zero attached hydrogens (tertiary/aromatic N) is 1. The monoisotopic (exact) mass is 157 g/mol. The molecular weight excluding hydrogens is 142 g/mol. The average Bonchev–Trinajstić information content (AvgIpc) is 2.46. The summed E-state index contributed by atoms with van der Waals surface area (Å²) in [7, 11) is 0. The van der Waals surface area contributed by atoms with Crippen LogP contribution in [0.4, 0.5) is 0 Å². The first kappa shape index (κ1) is 6.99. The molecule has 1 saturated heterocycles. The summed E-state index contributed by atoms with van der Waals surface area (Å²) in [5.74, 6) is 2.00. The lowest BCUT2D eigenvalue weighted by Gasteiger charge is -2.23. The van der Waals surface area contributed by atoms with E-state index in [1.807, 2.05) is 11.9 Å². The van der Waals surface area contributed by atoms with Crippen molar-refractivity contribution in [2.75, 3.05) is 12.8 Å². The van der Waals surface area contributed by atoms with Gasteiger partial charge in [-0.25, -0.2) is 4.31 Å². The molecule has 2 bridgehead atoms. The third-order valence-electron chi connectivity index (χ3n) is 3.20. The largest absolute Gasteiger partial charge is 0.247 e. The highest BCUT2D eigenvalue weighted by molar-refractivity contribution is 7.96. The van der Waals surface area contributed by atoms with Gasteiger partial charge in [0, 0.05) is 12.6 Å². The number of fused-ring (bicyclic) bond motifs is 2. The summed E-state index contributed by atoms with van der Waals surface area (Å²) in [4.78, 5) is 0. The minimum atomic E-state index is 0.917. The normalized spacial score (nSPS) is 46.8. The lowest BCUT2D eigenvalue weighted by Crippen LogP contribution is -2.25. The van der Waals surface area contributed by atoms with Crippen LogP contribution in [-0.2, 0) is 0 Å². The summed E-state index contributed by atoms with van der Waals surface area (Å²) in [5, 5.41) is 0. The van der Waals surface area contributed by atoms with Gasteiger partial charge in [0.15, 0.2) is 0 Å². The molecule has 0 aromatic carbocycles. The molecule has 1 aliphatic carbocycles. The van der Waals surface area contributed by atoms with E-state index < -0.39 is 0 Å². The summed E-state index contributed by atoms with van der Waals surface area (Å²) in [6.07, 6.45) is 5.14. The standard InChI is InChI=1S/C8H15NS/c1-6-7-3-4-8(6)9(5-7)10-2/h6-8H,3-5H2,1-2H3. The smallest absolute Gasteiger partial charge is 0.0231 e. The minimum absolute atomic E-state index is 0.917. The molecule has 0 amide bonds. The Bertz CT molecular complexity index is 137. The first-order valence-corrected chi connectivity index (χ1v) is 5.32. The Labute approximate surface area is 67.3 Å². The van der Waals surface area contributed by atoms with Crippen LogP contribution in [0.25, 0.3) is 0 Å². The van der Waals surface area contributed by atoms with E-state index in [1.165, 1.54) is 19.4 Å². The zero-order chi connectivity index (χ0) is 7.14. The van der Waals surface area contributed by atoms with Gasteiger partial charge < -0.3 is 0 Å². The van der Waals surface area contributed by atoms with Crippen molar-refractivity contribution in [2.24, 2.45) is 11.8 Å². The molecule has 10 heavy (non-hydrogen) atoms. The van der Waals surface area contributed by atoms with E-state index >= 15 is 0 Å². The molecule has 1 aliphatic heterocycles. The molecule has 1 heterocycles. The molecule has 0 N–H and O–H groups in total. The highest BCUT2D eigenvalue weighted by Crippen LogP contribution is 2.44. The second-order valence-electron chi connectivity index (χ2n) is 3.55. The summed E-state index contributed by atoms with van der Waals surface area (Å²) in [6, 6.07) is 0.917. The lowest BCUT2D eigenvalue weighted by atomic mass is 10.0. The van der Waals surface area contributed by atoms with E-state index in [0.717, 1.165) is 17.9 Å². The van der Waals surface area contributed by atoms with E-state index in [0.29, 0.717) is 0 Å². The fraction of sp³-hybridized carbons (Fsp3) is 1.00. The maximum atomic E-state index is 2.57. The van der Waals surface area contributed by atoms with Crippen molar-refractivity contribution in [2.45, 2.75) is 25.8 Å². The summed E-state index contributed by atoms with van der Waals surface area (Å²) >= 11 is 1.93. The second-order valence-corrected chi connectivity index (χ2v) is 4.38. The Morgan fingerprint density at radius 1 is 1.40 bits per heavy atom. The molecule has 1 nitrogen and oxygen atoms in total. The Morgan fingerprint density at radius 2 is 2.20 bits per heavy atom. The van der Waals surface area contributed by atoms with Gasteiger partial charge in [0.1, 0.15) is 0 Å². The van der Waals surface area contributed by atoms with E-state index in [2.05, 4.69) is 17.5 Å². The van der Waals surface area contributed by atoms with Gasteiger partial charge in [0.25, 0.3) is 0 Å². The van der Waals surface area contributed by atoms with Gasteiger partial charge in [-0.1, -0.05) is 18.9 Å². The van der Waals surface area contributed by atoms with Crippen LogP contribution < -0.4 is 0 Å². The van der Waals surface area contributed by atoms with Crippen LogP contribution in [0.5, 0.6) is 0 Å². The first-order chi connectivity index (χ1) is 4.83. The molecule has 1 saturated carbocycles. The van der Waals surface area contributed by atoms with Crippen molar-refractivity contribution in [3.8, 4) is 0 Å². The second kappa shape index (κ2) is 2.42. The number of hydrogen-bond donors (Lipinski definition) is 0. The van der Waals surface area contributed by atoms with Crippen molar-refractivity contribution in [1.29, 1.82) is 0 Å². The molecule has 2 heteroatoms. The van der Waals surface area contributed by atoms with E-state index in [4.69, 9.17) is 0 Å². The van der Waals surface area contributed by atoms with Gasteiger partial charge in [-0.2, -0.15) is 0 Å². The molecule has 3 unspecified atom stereocenters. The van der Waals surface area contributed by atoms with Crippen LogP contribution in [0.3, 0.4) is 0 Å². The van der Waals surface area contributed by atoms with Crippen LogP contribution in [0.15, 0.2) is 0 Å². The zero-order valence-corrected chi connectivity index (χ0v) is 7.53. The van der Waals surface area contributed by atoms with Gasteiger partial charge in [-0.05, 0) is 30.9 Å². The number of piperidine rings is 1. The fourth-order valence-corrected chi connectivity index (χ4v) is 3.37. The molecule has 3 atom stereocenters. The van der Waals surface area contributed by atoms with Crippen molar-refractivity contribution >= 4 is 11.9 Å². The SMILES string of the molecule is CSN1CC2CCC1C2C. The van der Waals surface area contributed by atoms with Crippen LogP contribution in [0, 0.1) is 11.8 Å². The van der Waals surface area contributed by atoms with Crippen LogP contribution in [-0.4, -0.2) is 23.1 Å². The molecule has 0 radical (unpaired) electrons. The Hall–Kier alpha value is 0.310. The van der Waals surface area contributed by atoms with Gasteiger partial charge in [-0.15, -0.1) is 0 Å². The maximum absolute atomic E-state index is 2.57. The highest BCUT2D eigenvalue weighted by Gasteiger charge is 2.43. The fourth-order valence-electron chi connectivity index (χ4n) is 2.47. The van der Waals surface area contributed by atoms with E-state index in [1.54, 1.807) is 0 Å². The lowest BCUT2D eigenvalue weighted by molar-refractivity contribution is 0.362. The third kappa shape index (κ3) is 0.817. The quantitative estimate of drug-likeness (QED) is 0.536. The molecule has 58 valence electrons. The maximum Gasteiger partial charge on any atom is 0.0231 e. The van der Waals surface area contributed by atoms with Crippen molar-refractivity contribution in [1.82, 2.24) is 4.31 Å². The van der Waals surface area contributed by atoms with Crippen LogP contribution >= 0.6 is 11.9 Å². The molecular formula is C8H15NS. The van der Waals surface area contributed by atoms with Gasteiger partial charge in [0.05, 0.1) is 0 Å². The Morgan fingerprint density at radius 3 is 2.50 bits per heavy atom. The summed E-state index contributed by atoms with van der Waals surface area (Å²) < 4.78 is 2.57. The van der Waals surface area contributed by atoms with Gasteiger partial charge in [0.2, 0.25) is 0 Å². The molecule has 2 fully saturated rings. The van der Waals surface area contributed by atoms with E-state index in [9.17, 15) is 0 Å². The predicted molar refractivity (Wildman–Crippen MR) is 45.9 cm³/mol. The zero-order valence-electron chi connectivity index (χ0n) is 6.71. The molecule has 2 rings (SSSR count).